The molecule has 5 heteroatoms. The predicted molar refractivity (Wildman–Crippen MR) is 63.8 cm³/mol. The fourth-order valence-electron chi connectivity index (χ4n) is 1.47. The van der Waals surface area contributed by atoms with Crippen LogP contribution in [-0.4, -0.2) is 13.5 Å². The van der Waals surface area contributed by atoms with E-state index in [1.54, 1.807) is 30.3 Å². The number of benzene rings is 2. The summed E-state index contributed by atoms with van der Waals surface area (Å²) in [6.45, 7) is 0. The summed E-state index contributed by atoms with van der Waals surface area (Å²) in [6, 6.07) is 13.7. The Bertz CT molecular complexity index is 633. The Morgan fingerprint density at radius 2 is 1.76 bits per heavy atom. The van der Waals surface area contributed by atoms with Gasteiger partial charge in [0.05, 0.1) is 4.90 Å². The van der Waals surface area contributed by atoms with Crippen molar-refractivity contribution in [2.45, 2.75) is 4.90 Å². The lowest BCUT2D eigenvalue weighted by molar-refractivity contribution is 0.477. The summed E-state index contributed by atoms with van der Waals surface area (Å²) in [5.74, 6) is 0.0934. The second-order valence-corrected chi connectivity index (χ2v) is 5.06. The molecule has 0 fully saturated rings. The molecule has 87 valence electrons. The Labute approximate surface area is 99.4 Å². The Hall–Kier alpha value is -1.85. The van der Waals surface area contributed by atoms with Gasteiger partial charge in [-0.05, 0) is 29.8 Å². The molecular formula is C12H10NO3S. The summed E-state index contributed by atoms with van der Waals surface area (Å²) < 4.78 is 22.1. The molecule has 0 aromatic heterocycles. The monoisotopic (exact) mass is 248 g/mol. The highest BCUT2D eigenvalue weighted by atomic mass is 32.2. The van der Waals surface area contributed by atoms with Crippen molar-refractivity contribution in [3.05, 3.63) is 48.5 Å². The number of phenolic OH excluding ortho intramolecular Hbond substituents is 1. The van der Waals surface area contributed by atoms with Crippen LogP contribution >= 0.6 is 0 Å². The number of hydrogen-bond donors (Lipinski definition) is 2. The number of sulfonamides is 1. The van der Waals surface area contributed by atoms with Crippen LogP contribution < -0.4 is 5.14 Å². The maximum absolute atomic E-state index is 11.1. The van der Waals surface area contributed by atoms with E-state index in [1.807, 2.05) is 0 Å². The van der Waals surface area contributed by atoms with Gasteiger partial charge in [0.2, 0.25) is 10.0 Å². The van der Waals surface area contributed by atoms with Crippen LogP contribution in [0, 0.1) is 6.07 Å². The van der Waals surface area contributed by atoms with Gasteiger partial charge < -0.3 is 5.11 Å². The number of aromatic hydroxyl groups is 1. The summed E-state index contributed by atoms with van der Waals surface area (Å²) >= 11 is 0. The first-order chi connectivity index (χ1) is 7.98. The quantitative estimate of drug-likeness (QED) is 0.845. The Morgan fingerprint density at radius 3 is 2.29 bits per heavy atom. The topological polar surface area (TPSA) is 80.4 Å². The zero-order valence-corrected chi connectivity index (χ0v) is 9.61. The van der Waals surface area contributed by atoms with E-state index in [-0.39, 0.29) is 10.6 Å². The van der Waals surface area contributed by atoms with Crippen molar-refractivity contribution in [3.8, 4) is 16.9 Å². The molecular weight excluding hydrogens is 238 g/mol. The number of nitrogens with two attached hydrogens (primary N) is 1. The minimum Gasteiger partial charge on any atom is -0.507 e. The molecule has 2 aromatic carbocycles. The van der Waals surface area contributed by atoms with Gasteiger partial charge in [-0.15, -0.1) is 0 Å². The average Bonchev–Trinajstić information content (AvgIpc) is 2.29. The third kappa shape index (κ3) is 2.46. The molecule has 0 saturated carbocycles. The summed E-state index contributed by atoms with van der Waals surface area (Å²) in [7, 11) is -3.68. The molecule has 4 nitrogen and oxygen atoms in total. The fourth-order valence-corrected chi connectivity index (χ4v) is 1.99. The summed E-state index contributed by atoms with van der Waals surface area (Å²) in [4.78, 5) is 0.0386. The van der Waals surface area contributed by atoms with Crippen LogP contribution in [0.1, 0.15) is 0 Å². The standard InChI is InChI=1S/C12H10NO3S/c13-17(15,16)10-7-5-9(6-8-10)11-3-1-2-4-12(11)14/h1-2,4-8,14H,(H2,13,15,16). The SMILES string of the molecule is NS(=O)(=O)c1ccc(-c2[c]cccc2O)cc1. The maximum Gasteiger partial charge on any atom is 0.238 e. The van der Waals surface area contributed by atoms with E-state index in [0.717, 1.165) is 0 Å². The molecule has 0 atom stereocenters. The van der Waals surface area contributed by atoms with E-state index >= 15 is 0 Å². The van der Waals surface area contributed by atoms with Crippen LogP contribution in [0.2, 0.25) is 0 Å². The van der Waals surface area contributed by atoms with Gasteiger partial charge in [-0.3, -0.25) is 0 Å². The first-order valence-electron chi connectivity index (χ1n) is 4.81. The van der Waals surface area contributed by atoms with Gasteiger partial charge >= 0.3 is 0 Å². The molecule has 0 aliphatic carbocycles. The lowest BCUT2D eigenvalue weighted by atomic mass is 10.1. The molecule has 0 aliphatic rings. The van der Waals surface area contributed by atoms with Crippen LogP contribution in [0.3, 0.4) is 0 Å². The molecule has 0 bridgehead atoms. The molecule has 2 aromatic rings. The Kier molecular flexibility index (Phi) is 2.87. The number of primary sulfonamides is 1. The van der Waals surface area contributed by atoms with Gasteiger partial charge in [0, 0.05) is 5.56 Å². The minimum absolute atomic E-state index is 0.0386. The second-order valence-electron chi connectivity index (χ2n) is 3.50. The molecule has 0 heterocycles. The third-order valence-corrected chi connectivity index (χ3v) is 3.23. The molecule has 0 unspecified atom stereocenters. The lowest BCUT2D eigenvalue weighted by Gasteiger charge is -2.04. The lowest BCUT2D eigenvalue weighted by Crippen LogP contribution is -2.11. The minimum atomic E-state index is -3.68. The van der Waals surface area contributed by atoms with Crippen LogP contribution in [0.25, 0.3) is 11.1 Å². The molecule has 0 saturated heterocycles. The van der Waals surface area contributed by atoms with Crippen molar-refractivity contribution in [1.29, 1.82) is 0 Å². The number of hydrogen-bond acceptors (Lipinski definition) is 3. The van der Waals surface area contributed by atoms with Gasteiger partial charge in [0.25, 0.3) is 0 Å². The van der Waals surface area contributed by atoms with Crippen LogP contribution in [-0.2, 0) is 10.0 Å². The van der Waals surface area contributed by atoms with Crippen molar-refractivity contribution in [2.24, 2.45) is 5.14 Å². The van der Waals surface area contributed by atoms with Crippen molar-refractivity contribution in [1.82, 2.24) is 0 Å². The summed E-state index contributed by atoms with van der Waals surface area (Å²) in [5.41, 5.74) is 1.20. The van der Waals surface area contributed by atoms with Crippen molar-refractivity contribution in [2.75, 3.05) is 0 Å². The van der Waals surface area contributed by atoms with E-state index < -0.39 is 10.0 Å². The molecule has 0 aliphatic heterocycles. The summed E-state index contributed by atoms with van der Waals surface area (Å²) in [5, 5.41) is 14.6. The van der Waals surface area contributed by atoms with Crippen molar-refractivity contribution < 1.29 is 13.5 Å². The smallest absolute Gasteiger partial charge is 0.238 e. The van der Waals surface area contributed by atoms with E-state index in [4.69, 9.17) is 5.14 Å². The van der Waals surface area contributed by atoms with Gasteiger partial charge in [0.1, 0.15) is 5.75 Å². The van der Waals surface area contributed by atoms with Crippen molar-refractivity contribution >= 4 is 10.0 Å². The van der Waals surface area contributed by atoms with Gasteiger partial charge in [0.15, 0.2) is 0 Å². The first-order valence-corrected chi connectivity index (χ1v) is 6.36. The zero-order chi connectivity index (χ0) is 12.5. The predicted octanol–water partition coefficient (Wildman–Crippen LogP) is 1.51. The normalized spacial score (nSPS) is 11.4. The molecule has 0 spiro atoms. The highest BCUT2D eigenvalue weighted by Gasteiger charge is 2.08. The van der Waals surface area contributed by atoms with Gasteiger partial charge in [-0.1, -0.05) is 24.3 Å². The van der Waals surface area contributed by atoms with Gasteiger partial charge in [-0.2, -0.15) is 0 Å². The molecule has 0 amide bonds. The van der Waals surface area contributed by atoms with E-state index in [2.05, 4.69) is 6.07 Å². The maximum atomic E-state index is 11.1. The fraction of sp³-hybridized carbons (Fsp3) is 0. The summed E-state index contributed by atoms with van der Waals surface area (Å²) in [6.07, 6.45) is 0. The molecule has 3 N–H and O–H groups in total. The zero-order valence-electron chi connectivity index (χ0n) is 8.79. The van der Waals surface area contributed by atoms with Crippen LogP contribution in [0.15, 0.2) is 47.4 Å². The number of phenols is 1. The third-order valence-electron chi connectivity index (χ3n) is 2.31. The average molecular weight is 248 g/mol. The van der Waals surface area contributed by atoms with Crippen molar-refractivity contribution in [3.63, 3.8) is 0 Å². The largest absolute Gasteiger partial charge is 0.507 e. The second kappa shape index (κ2) is 4.20. The number of rotatable bonds is 2. The Balaban J connectivity index is 2.47. The van der Waals surface area contributed by atoms with E-state index in [9.17, 15) is 13.5 Å². The first kappa shape index (κ1) is 11.6. The highest BCUT2D eigenvalue weighted by molar-refractivity contribution is 7.89. The molecule has 17 heavy (non-hydrogen) atoms. The van der Waals surface area contributed by atoms with E-state index in [0.29, 0.717) is 11.1 Å². The van der Waals surface area contributed by atoms with Crippen LogP contribution in [0.5, 0.6) is 5.75 Å². The molecule has 2 rings (SSSR count). The van der Waals surface area contributed by atoms with Gasteiger partial charge in [-0.25, -0.2) is 13.6 Å². The van der Waals surface area contributed by atoms with E-state index in [1.165, 1.54) is 12.1 Å². The highest BCUT2D eigenvalue weighted by Crippen LogP contribution is 2.28. The molecule has 1 radical (unpaired) electrons. The van der Waals surface area contributed by atoms with Crippen LogP contribution in [0.4, 0.5) is 0 Å². The Morgan fingerprint density at radius 1 is 1.12 bits per heavy atom.